The first kappa shape index (κ1) is 14.0. The Morgan fingerprint density at radius 1 is 0.667 bits per heavy atom. The summed E-state index contributed by atoms with van der Waals surface area (Å²) in [4.78, 5) is 0. The highest BCUT2D eigenvalue weighted by molar-refractivity contribution is 7.26. The van der Waals surface area contributed by atoms with Gasteiger partial charge in [-0.2, -0.15) is 0 Å². The van der Waals surface area contributed by atoms with Gasteiger partial charge in [0.15, 0.2) is 0 Å². The maximum absolute atomic E-state index is 6.05. The molecule has 0 atom stereocenters. The van der Waals surface area contributed by atoms with Gasteiger partial charge in [-0.3, -0.25) is 0 Å². The molecule has 1 heterocycles. The predicted molar refractivity (Wildman–Crippen MR) is 107 cm³/mol. The van der Waals surface area contributed by atoms with Gasteiger partial charge in [0.25, 0.3) is 0 Å². The highest BCUT2D eigenvalue weighted by Gasteiger charge is 2.12. The Morgan fingerprint density at radius 3 is 2.33 bits per heavy atom. The first-order valence-electron chi connectivity index (χ1n) is 7.90. The summed E-state index contributed by atoms with van der Waals surface area (Å²) in [5.41, 5.74) is 2.48. The molecular weight excluding hydrogens is 332 g/mol. The lowest BCUT2D eigenvalue weighted by atomic mass is 10.00. The second-order valence-corrected chi connectivity index (χ2v) is 7.44. The first-order chi connectivity index (χ1) is 11.8. The highest BCUT2D eigenvalue weighted by atomic mass is 35.5. The van der Waals surface area contributed by atoms with E-state index in [0.29, 0.717) is 0 Å². The number of hydrogen-bond acceptors (Lipinski definition) is 1. The Morgan fingerprint density at radius 2 is 1.46 bits per heavy atom. The molecule has 0 unspecified atom stereocenters. The van der Waals surface area contributed by atoms with E-state index < -0.39 is 0 Å². The minimum atomic E-state index is 0.772. The Bertz CT molecular complexity index is 1200. The van der Waals surface area contributed by atoms with Crippen LogP contribution in [-0.4, -0.2) is 0 Å². The number of thiophene rings is 1. The van der Waals surface area contributed by atoms with Crippen LogP contribution in [-0.2, 0) is 0 Å². The van der Waals surface area contributed by atoms with E-state index in [2.05, 4.69) is 66.7 Å². The molecule has 0 aliphatic heterocycles. The summed E-state index contributed by atoms with van der Waals surface area (Å²) in [5.74, 6) is 0. The lowest BCUT2D eigenvalue weighted by Gasteiger charge is -2.04. The summed E-state index contributed by atoms with van der Waals surface area (Å²) < 4.78 is 2.68. The van der Waals surface area contributed by atoms with E-state index in [4.69, 9.17) is 11.6 Å². The van der Waals surface area contributed by atoms with E-state index in [1.54, 1.807) is 0 Å². The van der Waals surface area contributed by atoms with Gasteiger partial charge in [0.05, 0.1) is 0 Å². The van der Waals surface area contributed by atoms with Crippen molar-refractivity contribution in [3.05, 3.63) is 83.9 Å². The van der Waals surface area contributed by atoms with Gasteiger partial charge in [-0.25, -0.2) is 0 Å². The molecule has 1 aromatic heterocycles. The maximum atomic E-state index is 6.05. The Balaban J connectivity index is 1.91. The highest BCUT2D eigenvalue weighted by Crippen LogP contribution is 2.42. The van der Waals surface area contributed by atoms with E-state index >= 15 is 0 Å². The van der Waals surface area contributed by atoms with Gasteiger partial charge in [-0.15, -0.1) is 11.3 Å². The van der Waals surface area contributed by atoms with Crippen LogP contribution in [0.5, 0.6) is 0 Å². The van der Waals surface area contributed by atoms with Gasteiger partial charge in [-0.1, -0.05) is 72.3 Å². The van der Waals surface area contributed by atoms with Crippen LogP contribution in [0.25, 0.3) is 42.1 Å². The van der Waals surface area contributed by atoms with Crippen molar-refractivity contribution in [2.45, 2.75) is 0 Å². The Kier molecular flexibility index (Phi) is 3.12. The average Bonchev–Trinajstić information content (AvgIpc) is 3.01. The summed E-state index contributed by atoms with van der Waals surface area (Å²) in [6.07, 6.45) is 0. The SMILES string of the molecule is Clc1ccc(-c2cccc3c2sc2ccc4ccccc4c23)cc1. The van der Waals surface area contributed by atoms with Crippen LogP contribution in [0.2, 0.25) is 5.02 Å². The molecule has 0 spiro atoms. The molecule has 0 radical (unpaired) electrons. The summed E-state index contributed by atoms with van der Waals surface area (Å²) in [6.45, 7) is 0. The van der Waals surface area contributed by atoms with Gasteiger partial charge < -0.3 is 0 Å². The van der Waals surface area contributed by atoms with Crippen molar-refractivity contribution in [3.63, 3.8) is 0 Å². The third-order valence-electron chi connectivity index (χ3n) is 4.54. The molecule has 0 nitrogen and oxygen atoms in total. The Labute approximate surface area is 148 Å². The van der Waals surface area contributed by atoms with Gasteiger partial charge in [0.1, 0.15) is 0 Å². The zero-order chi connectivity index (χ0) is 16.1. The first-order valence-corrected chi connectivity index (χ1v) is 9.10. The second kappa shape index (κ2) is 5.34. The van der Waals surface area contributed by atoms with E-state index in [1.165, 1.54) is 42.1 Å². The van der Waals surface area contributed by atoms with E-state index in [-0.39, 0.29) is 0 Å². The topological polar surface area (TPSA) is 0 Å². The minimum absolute atomic E-state index is 0.772. The lowest BCUT2D eigenvalue weighted by Crippen LogP contribution is -1.78. The van der Waals surface area contributed by atoms with Crippen LogP contribution in [0.1, 0.15) is 0 Å². The molecule has 5 aromatic rings. The van der Waals surface area contributed by atoms with Crippen molar-refractivity contribution >= 4 is 53.9 Å². The van der Waals surface area contributed by atoms with Crippen molar-refractivity contribution < 1.29 is 0 Å². The fourth-order valence-corrected chi connectivity index (χ4v) is 4.80. The smallest absolute Gasteiger partial charge is 0.0434 e. The minimum Gasteiger partial charge on any atom is -0.135 e. The average molecular weight is 345 g/mol. The van der Waals surface area contributed by atoms with Crippen molar-refractivity contribution in [2.24, 2.45) is 0 Å². The summed E-state index contributed by atoms with van der Waals surface area (Å²) >= 11 is 7.92. The third kappa shape index (κ3) is 2.06. The van der Waals surface area contributed by atoms with Gasteiger partial charge in [0.2, 0.25) is 0 Å². The molecule has 0 aliphatic rings. The molecule has 0 saturated heterocycles. The van der Waals surface area contributed by atoms with E-state index in [1.807, 2.05) is 23.5 Å². The normalized spacial score (nSPS) is 11.5. The van der Waals surface area contributed by atoms with Gasteiger partial charge in [0, 0.05) is 25.2 Å². The van der Waals surface area contributed by atoms with Crippen molar-refractivity contribution in [2.75, 3.05) is 0 Å². The van der Waals surface area contributed by atoms with Crippen LogP contribution in [0, 0.1) is 0 Å². The molecule has 0 bridgehead atoms. The number of halogens is 1. The molecule has 114 valence electrons. The Hall–Kier alpha value is -2.35. The second-order valence-electron chi connectivity index (χ2n) is 5.95. The van der Waals surface area contributed by atoms with Crippen LogP contribution < -0.4 is 0 Å². The molecule has 0 aliphatic carbocycles. The quantitative estimate of drug-likeness (QED) is 0.295. The predicted octanol–water partition coefficient (Wildman–Crippen LogP) is 7.53. The molecule has 24 heavy (non-hydrogen) atoms. The number of benzene rings is 4. The molecule has 0 saturated carbocycles. The third-order valence-corrected chi connectivity index (χ3v) is 6.00. The molecule has 0 fully saturated rings. The fourth-order valence-electron chi connectivity index (χ4n) is 3.42. The summed E-state index contributed by atoms with van der Waals surface area (Å²) in [6, 6.07) is 27.8. The van der Waals surface area contributed by atoms with Crippen LogP contribution in [0.3, 0.4) is 0 Å². The molecule has 0 N–H and O–H groups in total. The molecular formula is C22H13ClS. The van der Waals surface area contributed by atoms with E-state index in [0.717, 1.165) is 5.02 Å². The standard InChI is InChI=1S/C22H13ClS/c23-16-11-8-15(9-12-16)18-6-3-7-19-21-17-5-2-1-4-14(17)10-13-20(21)24-22(18)19/h1-13H. The van der Waals surface area contributed by atoms with Crippen molar-refractivity contribution in [1.29, 1.82) is 0 Å². The monoisotopic (exact) mass is 344 g/mol. The molecule has 5 rings (SSSR count). The number of rotatable bonds is 1. The zero-order valence-electron chi connectivity index (χ0n) is 12.8. The fraction of sp³-hybridized carbons (Fsp3) is 0. The summed E-state index contributed by atoms with van der Waals surface area (Å²) in [7, 11) is 0. The lowest BCUT2D eigenvalue weighted by molar-refractivity contribution is 1.67. The number of hydrogen-bond donors (Lipinski definition) is 0. The zero-order valence-corrected chi connectivity index (χ0v) is 14.4. The van der Waals surface area contributed by atoms with Crippen molar-refractivity contribution in [1.82, 2.24) is 0 Å². The maximum Gasteiger partial charge on any atom is 0.0434 e. The van der Waals surface area contributed by atoms with E-state index in [9.17, 15) is 0 Å². The largest absolute Gasteiger partial charge is 0.135 e. The number of fused-ring (bicyclic) bond motifs is 5. The van der Waals surface area contributed by atoms with Crippen molar-refractivity contribution in [3.8, 4) is 11.1 Å². The molecule has 0 amide bonds. The molecule has 4 aromatic carbocycles. The molecule has 2 heteroatoms. The van der Waals surface area contributed by atoms with Crippen LogP contribution in [0.4, 0.5) is 0 Å². The van der Waals surface area contributed by atoms with Crippen LogP contribution in [0.15, 0.2) is 78.9 Å². The van der Waals surface area contributed by atoms with Gasteiger partial charge in [-0.05, 0) is 40.1 Å². The van der Waals surface area contributed by atoms with Crippen LogP contribution >= 0.6 is 22.9 Å². The van der Waals surface area contributed by atoms with Gasteiger partial charge >= 0.3 is 0 Å². The summed E-state index contributed by atoms with van der Waals surface area (Å²) in [5, 5.41) is 6.09.